The molecule has 2 aromatic rings. The summed E-state index contributed by atoms with van der Waals surface area (Å²) in [6, 6.07) is 13.9. The fraction of sp³-hybridized carbons (Fsp3) is 0.481. The van der Waals surface area contributed by atoms with Gasteiger partial charge in [0.2, 0.25) is 21.8 Å². The van der Waals surface area contributed by atoms with Crippen LogP contribution in [0.5, 0.6) is 5.75 Å². The smallest absolute Gasteiger partial charge is 0.242 e. The maximum Gasteiger partial charge on any atom is 0.242 e. The van der Waals surface area contributed by atoms with E-state index in [4.69, 9.17) is 4.74 Å². The van der Waals surface area contributed by atoms with Crippen molar-refractivity contribution >= 4 is 27.5 Å². The van der Waals surface area contributed by atoms with E-state index in [0.29, 0.717) is 17.9 Å². The van der Waals surface area contributed by atoms with Gasteiger partial charge in [-0.3, -0.25) is 13.9 Å². The molecule has 0 radical (unpaired) electrons. The van der Waals surface area contributed by atoms with E-state index in [0.717, 1.165) is 17.4 Å². The lowest BCUT2D eigenvalue weighted by molar-refractivity contribution is -0.141. The highest BCUT2D eigenvalue weighted by atomic mass is 32.2. The molecule has 0 unspecified atom stereocenters. The van der Waals surface area contributed by atoms with E-state index in [1.807, 2.05) is 64.1 Å². The number of aryl methyl sites for hydroxylation is 1. The second-order valence-electron chi connectivity index (χ2n) is 10.1. The average Bonchev–Trinajstić information content (AvgIpc) is 2.78. The highest BCUT2D eigenvalue weighted by molar-refractivity contribution is 7.92. The van der Waals surface area contributed by atoms with Crippen molar-refractivity contribution in [2.45, 2.75) is 65.6 Å². The molecule has 9 heteroatoms. The molecule has 1 N–H and O–H groups in total. The number of rotatable bonds is 11. The molecular weight excluding hydrogens is 478 g/mol. The molecule has 0 aliphatic heterocycles. The zero-order valence-corrected chi connectivity index (χ0v) is 23.2. The summed E-state index contributed by atoms with van der Waals surface area (Å²) < 4.78 is 31.5. The number of ether oxygens (including phenoxy) is 1. The van der Waals surface area contributed by atoms with Gasteiger partial charge in [-0.2, -0.15) is 0 Å². The molecule has 0 fully saturated rings. The summed E-state index contributed by atoms with van der Waals surface area (Å²) in [6.07, 6.45) is 1.56. The molecule has 198 valence electrons. The molecule has 8 nitrogen and oxygen atoms in total. The van der Waals surface area contributed by atoms with Crippen molar-refractivity contribution < 1.29 is 22.7 Å². The van der Waals surface area contributed by atoms with Gasteiger partial charge in [0.1, 0.15) is 11.8 Å². The number of carbonyl (C=O) groups excluding carboxylic acids is 2. The van der Waals surface area contributed by atoms with Crippen molar-refractivity contribution in [3.8, 4) is 5.75 Å². The number of benzene rings is 2. The number of hydrogen-bond donors (Lipinski definition) is 1. The standard InChI is InChI=1S/C27H39N3O5S/c1-20-13-15-23(16-14-20)30(36(7,33)34)17-9-12-25(31)29(21(2)26(32)28-27(3,4)5)19-22-10-8-11-24(18-22)35-6/h8,10-11,13-16,18,21H,9,12,17,19H2,1-7H3,(H,28,32)/t21-/m1/s1. The van der Waals surface area contributed by atoms with Crippen molar-refractivity contribution in [1.82, 2.24) is 10.2 Å². The number of anilines is 1. The van der Waals surface area contributed by atoms with Gasteiger partial charge >= 0.3 is 0 Å². The minimum absolute atomic E-state index is 0.0922. The molecule has 36 heavy (non-hydrogen) atoms. The molecule has 0 spiro atoms. The molecule has 0 saturated heterocycles. The van der Waals surface area contributed by atoms with Crippen LogP contribution in [0.4, 0.5) is 5.69 Å². The monoisotopic (exact) mass is 517 g/mol. The Labute approximate surface area is 215 Å². The Morgan fingerprint density at radius 1 is 1.08 bits per heavy atom. The SMILES string of the molecule is COc1cccc(CN(C(=O)CCCN(c2ccc(C)cc2)S(C)(=O)=O)[C@H](C)C(=O)NC(C)(C)C)c1. The lowest BCUT2D eigenvalue weighted by Gasteiger charge is -2.32. The first-order valence-corrected chi connectivity index (χ1v) is 13.8. The van der Waals surface area contributed by atoms with Gasteiger partial charge in [0, 0.05) is 25.0 Å². The highest BCUT2D eigenvalue weighted by Gasteiger charge is 2.28. The minimum Gasteiger partial charge on any atom is -0.497 e. The molecule has 0 heterocycles. The minimum atomic E-state index is -3.52. The van der Waals surface area contributed by atoms with Crippen molar-refractivity contribution in [3.63, 3.8) is 0 Å². The second-order valence-corrected chi connectivity index (χ2v) is 12.0. The molecule has 1 atom stereocenters. The van der Waals surface area contributed by atoms with Crippen LogP contribution in [0.1, 0.15) is 51.7 Å². The molecule has 2 aromatic carbocycles. The lowest BCUT2D eigenvalue weighted by Crippen LogP contribution is -2.52. The molecule has 0 aromatic heterocycles. The third-order valence-corrected chi connectivity index (χ3v) is 6.82. The summed E-state index contributed by atoms with van der Waals surface area (Å²) >= 11 is 0. The van der Waals surface area contributed by atoms with Crippen molar-refractivity contribution in [1.29, 1.82) is 0 Å². The Bertz CT molecular complexity index is 1140. The Hall–Kier alpha value is -3.07. The van der Waals surface area contributed by atoms with Gasteiger partial charge in [-0.15, -0.1) is 0 Å². The van der Waals surface area contributed by atoms with Gasteiger partial charge in [0.15, 0.2) is 0 Å². The van der Waals surface area contributed by atoms with Crippen LogP contribution < -0.4 is 14.4 Å². The quantitative estimate of drug-likeness (QED) is 0.488. The van der Waals surface area contributed by atoms with Crippen LogP contribution >= 0.6 is 0 Å². The van der Waals surface area contributed by atoms with E-state index >= 15 is 0 Å². The van der Waals surface area contributed by atoms with Crippen LogP contribution in [0.15, 0.2) is 48.5 Å². The van der Waals surface area contributed by atoms with Gasteiger partial charge in [-0.1, -0.05) is 29.8 Å². The van der Waals surface area contributed by atoms with Crippen molar-refractivity contribution in [2.75, 3.05) is 24.2 Å². The first kappa shape index (κ1) is 29.2. The van der Waals surface area contributed by atoms with E-state index in [2.05, 4.69) is 5.32 Å². The van der Waals surface area contributed by atoms with E-state index < -0.39 is 21.6 Å². The molecule has 0 aliphatic rings. The maximum atomic E-state index is 13.4. The number of hydrogen-bond acceptors (Lipinski definition) is 5. The third-order valence-electron chi connectivity index (χ3n) is 5.63. The maximum absolute atomic E-state index is 13.4. The zero-order chi connectivity index (χ0) is 27.1. The first-order chi connectivity index (χ1) is 16.7. The van der Waals surface area contributed by atoms with Crippen LogP contribution in [-0.2, 0) is 26.2 Å². The van der Waals surface area contributed by atoms with Gasteiger partial charge < -0.3 is 15.0 Å². The summed E-state index contributed by atoms with van der Waals surface area (Å²) in [5.74, 6) is 0.177. The molecule has 0 bridgehead atoms. The average molecular weight is 518 g/mol. The summed E-state index contributed by atoms with van der Waals surface area (Å²) in [5.41, 5.74) is 1.97. The van der Waals surface area contributed by atoms with E-state index in [1.54, 1.807) is 26.2 Å². The van der Waals surface area contributed by atoms with Gasteiger partial charge in [0.25, 0.3) is 0 Å². The third kappa shape index (κ3) is 8.86. The van der Waals surface area contributed by atoms with Crippen LogP contribution in [0.2, 0.25) is 0 Å². The number of carbonyl (C=O) groups is 2. The van der Waals surface area contributed by atoms with Gasteiger partial charge in [-0.25, -0.2) is 8.42 Å². The van der Waals surface area contributed by atoms with Crippen molar-refractivity contribution in [2.24, 2.45) is 0 Å². The number of sulfonamides is 1. The predicted molar refractivity (Wildman–Crippen MR) is 144 cm³/mol. The summed E-state index contributed by atoms with van der Waals surface area (Å²) in [7, 11) is -1.95. The van der Waals surface area contributed by atoms with E-state index in [-0.39, 0.29) is 31.3 Å². The Kier molecular flexibility index (Phi) is 9.93. The topological polar surface area (TPSA) is 96.0 Å². The zero-order valence-electron chi connectivity index (χ0n) is 22.4. The van der Waals surface area contributed by atoms with Crippen LogP contribution in [0.25, 0.3) is 0 Å². The summed E-state index contributed by atoms with van der Waals surface area (Å²) in [4.78, 5) is 27.8. The first-order valence-electron chi connectivity index (χ1n) is 12.0. The predicted octanol–water partition coefficient (Wildman–Crippen LogP) is 3.88. The van der Waals surface area contributed by atoms with Crippen molar-refractivity contribution in [3.05, 3.63) is 59.7 Å². The number of methoxy groups -OCH3 is 1. The molecule has 0 saturated carbocycles. The number of amides is 2. The van der Waals surface area contributed by atoms with Gasteiger partial charge in [0.05, 0.1) is 19.1 Å². The van der Waals surface area contributed by atoms with Crippen LogP contribution in [-0.4, -0.2) is 56.6 Å². The normalized spacial score (nSPS) is 12.5. The fourth-order valence-corrected chi connectivity index (χ4v) is 4.70. The second kappa shape index (κ2) is 12.3. The van der Waals surface area contributed by atoms with E-state index in [1.165, 1.54) is 9.21 Å². The highest BCUT2D eigenvalue weighted by Crippen LogP contribution is 2.21. The Balaban J connectivity index is 2.20. The molecule has 2 rings (SSSR count). The lowest BCUT2D eigenvalue weighted by atomic mass is 10.1. The fourth-order valence-electron chi connectivity index (χ4n) is 3.74. The van der Waals surface area contributed by atoms with Crippen LogP contribution in [0, 0.1) is 6.92 Å². The van der Waals surface area contributed by atoms with Crippen LogP contribution in [0.3, 0.4) is 0 Å². The Morgan fingerprint density at radius 3 is 2.28 bits per heavy atom. The van der Waals surface area contributed by atoms with Gasteiger partial charge in [-0.05, 0) is 70.9 Å². The number of nitrogens with one attached hydrogen (secondary N) is 1. The Morgan fingerprint density at radius 2 is 1.72 bits per heavy atom. The molecule has 0 aliphatic carbocycles. The number of nitrogens with zero attached hydrogens (tertiary/aromatic N) is 2. The summed E-state index contributed by atoms with van der Waals surface area (Å²) in [5, 5.41) is 2.94. The molecular formula is C27H39N3O5S. The largest absolute Gasteiger partial charge is 0.497 e. The molecule has 2 amide bonds. The summed E-state index contributed by atoms with van der Waals surface area (Å²) in [6.45, 7) is 9.67. The van der Waals surface area contributed by atoms with E-state index in [9.17, 15) is 18.0 Å².